The van der Waals surface area contributed by atoms with Gasteiger partial charge in [-0.25, -0.2) is 9.97 Å². The summed E-state index contributed by atoms with van der Waals surface area (Å²) in [5.41, 5.74) is 10.9. The third-order valence-corrected chi connectivity index (χ3v) is 6.68. The highest BCUT2D eigenvalue weighted by molar-refractivity contribution is 5.80. The number of hydrogen-bond acceptors (Lipinski definition) is 5. The van der Waals surface area contributed by atoms with Crippen molar-refractivity contribution >= 4 is 11.6 Å². The zero-order valence-electron chi connectivity index (χ0n) is 15.8. The first-order chi connectivity index (χ1) is 13.2. The molecule has 2 N–H and O–H groups in total. The summed E-state index contributed by atoms with van der Waals surface area (Å²) in [6, 6.07) is 4.39. The van der Waals surface area contributed by atoms with Gasteiger partial charge in [-0.05, 0) is 44.1 Å². The third-order valence-electron chi connectivity index (χ3n) is 6.68. The number of imidazole rings is 1. The lowest BCUT2D eigenvalue weighted by Crippen LogP contribution is -2.47. The van der Waals surface area contributed by atoms with E-state index in [2.05, 4.69) is 32.3 Å². The van der Waals surface area contributed by atoms with Gasteiger partial charge in [0.1, 0.15) is 5.65 Å². The summed E-state index contributed by atoms with van der Waals surface area (Å²) in [6.45, 7) is 4.10. The van der Waals surface area contributed by atoms with Crippen molar-refractivity contribution in [1.29, 1.82) is 0 Å². The van der Waals surface area contributed by atoms with Gasteiger partial charge in [-0.2, -0.15) is 0 Å². The van der Waals surface area contributed by atoms with Crippen LogP contribution in [0.25, 0.3) is 16.8 Å². The standard InChI is InChI=1S/C21H26N6/c1-15-18(16-4-3-9-23-14-16)19-24-10-13-27(19)20(25-15)26-11-7-21(8-12-26)6-2-5-17(21)22/h3-4,9-10,13-14,17H,2,5-8,11-12,22H2,1H3. The molecule has 1 unspecified atom stereocenters. The molecule has 27 heavy (non-hydrogen) atoms. The van der Waals surface area contributed by atoms with E-state index in [0.717, 1.165) is 54.3 Å². The second-order valence-corrected chi connectivity index (χ2v) is 8.08. The van der Waals surface area contributed by atoms with Crippen molar-refractivity contribution in [2.75, 3.05) is 18.0 Å². The van der Waals surface area contributed by atoms with Crippen LogP contribution in [-0.2, 0) is 0 Å². The van der Waals surface area contributed by atoms with Crippen LogP contribution in [0.15, 0.2) is 36.9 Å². The molecule has 6 heteroatoms. The molecular formula is C21H26N6. The molecule has 0 aromatic carbocycles. The molecule has 2 fully saturated rings. The van der Waals surface area contributed by atoms with Gasteiger partial charge in [-0.1, -0.05) is 12.5 Å². The topological polar surface area (TPSA) is 72.3 Å². The van der Waals surface area contributed by atoms with Crippen LogP contribution < -0.4 is 10.6 Å². The molecular weight excluding hydrogens is 336 g/mol. The Morgan fingerprint density at radius 2 is 2.04 bits per heavy atom. The molecule has 3 aromatic heterocycles. The first kappa shape index (κ1) is 16.7. The molecule has 6 nitrogen and oxygen atoms in total. The maximum atomic E-state index is 6.46. The lowest BCUT2D eigenvalue weighted by Gasteiger charge is -2.42. The molecule has 0 radical (unpaired) electrons. The Morgan fingerprint density at radius 1 is 1.19 bits per heavy atom. The monoisotopic (exact) mass is 362 g/mol. The molecule has 1 aliphatic carbocycles. The largest absolute Gasteiger partial charge is 0.342 e. The molecule has 140 valence electrons. The fraction of sp³-hybridized carbons (Fsp3) is 0.476. The van der Waals surface area contributed by atoms with Crippen molar-refractivity contribution in [2.24, 2.45) is 11.1 Å². The number of aryl methyl sites for hydroxylation is 1. The molecule has 1 spiro atoms. The fourth-order valence-corrected chi connectivity index (χ4v) is 5.08. The highest BCUT2D eigenvalue weighted by atomic mass is 15.3. The summed E-state index contributed by atoms with van der Waals surface area (Å²) < 4.78 is 2.13. The molecule has 5 rings (SSSR count). The Kier molecular flexibility index (Phi) is 3.90. The lowest BCUT2D eigenvalue weighted by atomic mass is 9.74. The maximum Gasteiger partial charge on any atom is 0.211 e. The number of piperidine rings is 1. The van der Waals surface area contributed by atoms with E-state index in [1.807, 2.05) is 24.7 Å². The summed E-state index contributed by atoms with van der Waals surface area (Å²) in [5, 5.41) is 0. The van der Waals surface area contributed by atoms with Crippen molar-refractivity contribution in [3.63, 3.8) is 0 Å². The van der Waals surface area contributed by atoms with Crippen LogP contribution in [0.2, 0.25) is 0 Å². The van der Waals surface area contributed by atoms with Gasteiger partial charge in [-0.15, -0.1) is 0 Å². The Morgan fingerprint density at radius 3 is 2.74 bits per heavy atom. The van der Waals surface area contributed by atoms with Crippen LogP contribution in [-0.4, -0.2) is 38.5 Å². The number of aromatic nitrogens is 4. The average molecular weight is 362 g/mol. The van der Waals surface area contributed by atoms with E-state index < -0.39 is 0 Å². The van der Waals surface area contributed by atoms with Crippen molar-refractivity contribution in [3.8, 4) is 11.1 Å². The highest BCUT2D eigenvalue weighted by Crippen LogP contribution is 2.46. The van der Waals surface area contributed by atoms with Crippen LogP contribution in [0.4, 0.5) is 5.95 Å². The van der Waals surface area contributed by atoms with Crippen LogP contribution >= 0.6 is 0 Å². The Hall–Kier alpha value is -2.47. The van der Waals surface area contributed by atoms with Crippen LogP contribution in [0, 0.1) is 12.3 Å². The van der Waals surface area contributed by atoms with E-state index in [4.69, 9.17) is 10.7 Å². The number of rotatable bonds is 2. The van der Waals surface area contributed by atoms with Gasteiger partial charge in [0.2, 0.25) is 5.95 Å². The molecule has 0 amide bonds. The van der Waals surface area contributed by atoms with Crippen molar-refractivity contribution in [3.05, 3.63) is 42.6 Å². The number of hydrogen-bond donors (Lipinski definition) is 1. The molecule has 1 saturated carbocycles. The summed E-state index contributed by atoms with van der Waals surface area (Å²) in [5.74, 6) is 0.994. The van der Waals surface area contributed by atoms with Gasteiger partial charge in [0.15, 0.2) is 0 Å². The number of fused-ring (bicyclic) bond motifs is 1. The summed E-state index contributed by atoms with van der Waals surface area (Å²) >= 11 is 0. The second-order valence-electron chi connectivity index (χ2n) is 8.08. The summed E-state index contributed by atoms with van der Waals surface area (Å²) in [4.78, 5) is 16.3. The zero-order valence-corrected chi connectivity index (χ0v) is 15.8. The first-order valence-electron chi connectivity index (χ1n) is 9.93. The average Bonchev–Trinajstić information content (AvgIpc) is 3.30. The summed E-state index contributed by atoms with van der Waals surface area (Å²) in [7, 11) is 0. The van der Waals surface area contributed by atoms with E-state index in [0.29, 0.717) is 11.5 Å². The number of pyridine rings is 1. The minimum Gasteiger partial charge on any atom is -0.342 e. The minimum absolute atomic E-state index is 0.356. The maximum absolute atomic E-state index is 6.46. The van der Waals surface area contributed by atoms with Crippen molar-refractivity contribution in [1.82, 2.24) is 19.4 Å². The smallest absolute Gasteiger partial charge is 0.211 e. The Balaban J connectivity index is 1.52. The van der Waals surface area contributed by atoms with Crippen LogP contribution in [0.1, 0.15) is 37.8 Å². The van der Waals surface area contributed by atoms with E-state index in [9.17, 15) is 0 Å². The van der Waals surface area contributed by atoms with Gasteiger partial charge in [0.25, 0.3) is 0 Å². The summed E-state index contributed by atoms with van der Waals surface area (Å²) in [6.07, 6.45) is 13.6. The zero-order chi connectivity index (χ0) is 18.4. The normalized spacial score (nSPS) is 22.0. The van der Waals surface area contributed by atoms with Gasteiger partial charge >= 0.3 is 0 Å². The number of anilines is 1. The first-order valence-corrected chi connectivity index (χ1v) is 9.93. The SMILES string of the molecule is Cc1nc(N2CCC3(CCCC3N)CC2)n2ccnc2c1-c1cccnc1. The third kappa shape index (κ3) is 2.62. The van der Waals surface area contributed by atoms with Crippen LogP contribution in [0.5, 0.6) is 0 Å². The lowest BCUT2D eigenvalue weighted by molar-refractivity contribution is 0.197. The molecule has 2 aliphatic rings. The van der Waals surface area contributed by atoms with Crippen molar-refractivity contribution in [2.45, 2.75) is 45.1 Å². The Labute approximate surface area is 159 Å². The van der Waals surface area contributed by atoms with Gasteiger partial charge in [0, 0.05) is 55.0 Å². The van der Waals surface area contributed by atoms with E-state index in [1.165, 1.54) is 19.3 Å². The molecule has 1 saturated heterocycles. The minimum atomic E-state index is 0.356. The van der Waals surface area contributed by atoms with Gasteiger partial charge < -0.3 is 10.6 Å². The molecule has 4 heterocycles. The van der Waals surface area contributed by atoms with Gasteiger partial charge in [0.05, 0.1) is 5.69 Å². The quantitative estimate of drug-likeness (QED) is 0.758. The Bertz CT molecular complexity index is 955. The van der Waals surface area contributed by atoms with Gasteiger partial charge in [-0.3, -0.25) is 9.38 Å². The molecule has 3 aromatic rings. The molecule has 1 aliphatic heterocycles. The molecule has 0 bridgehead atoms. The number of nitrogens with two attached hydrogens (primary N) is 1. The number of nitrogens with zero attached hydrogens (tertiary/aromatic N) is 5. The predicted octanol–water partition coefficient (Wildman–Crippen LogP) is 3.20. The van der Waals surface area contributed by atoms with Crippen LogP contribution in [0.3, 0.4) is 0 Å². The predicted molar refractivity (Wildman–Crippen MR) is 107 cm³/mol. The van der Waals surface area contributed by atoms with Crippen molar-refractivity contribution < 1.29 is 0 Å². The van der Waals surface area contributed by atoms with E-state index >= 15 is 0 Å². The fourth-order valence-electron chi connectivity index (χ4n) is 5.08. The van der Waals surface area contributed by atoms with E-state index in [1.54, 1.807) is 6.20 Å². The van der Waals surface area contributed by atoms with E-state index in [-0.39, 0.29) is 0 Å². The second kappa shape index (κ2) is 6.30. The molecule has 1 atom stereocenters. The highest BCUT2D eigenvalue weighted by Gasteiger charge is 2.43.